The Kier molecular flexibility index (Phi) is 5.59. The van der Waals surface area contributed by atoms with Gasteiger partial charge in [0.2, 0.25) is 11.8 Å². The fourth-order valence-electron chi connectivity index (χ4n) is 2.87. The average molecular weight is 332 g/mol. The van der Waals surface area contributed by atoms with Gasteiger partial charge in [-0.3, -0.25) is 14.4 Å². The number of hydrogen-bond donors (Lipinski definition) is 3. The molecule has 1 aromatic carbocycles. The number of carbonyl (C=O) groups excluding carboxylic acids is 2. The number of fused-ring (bicyclic) bond motifs is 1. The van der Waals surface area contributed by atoms with E-state index in [0.29, 0.717) is 19.3 Å². The van der Waals surface area contributed by atoms with E-state index in [-0.39, 0.29) is 30.6 Å². The Bertz CT molecular complexity index is 640. The molecule has 24 heavy (non-hydrogen) atoms. The van der Waals surface area contributed by atoms with Gasteiger partial charge < -0.3 is 15.7 Å². The normalized spacial score (nSPS) is 16.9. The third kappa shape index (κ3) is 5.08. The second-order valence-corrected chi connectivity index (χ2v) is 6.91. The van der Waals surface area contributed by atoms with Crippen LogP contribution in [0.15, 0.2) is 24.3 Å². The van der Waals surface area contributed by atoms with Crippen molar-refractivity contribution in [2.75, 3.05) is 5.32 Å². The first-order valence-corrected chi connectivity index (χ1v) is 8.18. The third-order valence-corrected chi connectivity index (χ3v) is 4.27. The predicted molar refractivity (Wildman–Crippen MR) is 90.6 cm³/mol. The molecule has 0 aliphatic carbocycles. The molecule has 3 N–H and O–H groups in total. The van der Waals surface area contributed by atoms with Crippen molar-refractivity contribution in [2.45, 2.75) is 51.5 Å². The summed E-state index contributed by atoms with van der Waals surface area (Å²) in [6.07, 6.45) is 1.73. The molecule has 2 rings (SSSR count). The number of rotatable bonds is 7. The van der Waals surface area contributed by atoms with Crippen molar-refractivity contribution in [3.8, 4) is 0 Å². The van der Waals surface area contributed by atoms with Crippen LogP contribution >= 0.6 is 0 Å². The molecule has 2 amide bonds. The highest BCUT2D eigenvalue weighted by Gasteiger charge is 2.27. The van der Waals surface area contributed by atoms with Gasteiger partial charge in [-0.25, -0.2) is 0 Å². The lowest BCUT2D eigenvalue weighted by atomic mass is 9.89. The van der Waals surface area contributed by atoms with Crippen molar-refractivity contribution >= 4 is 23.5 Å². The molecule has 6 nitrogen and oxygen atoms in total. The molecule has 130 valence electrons. The molecule has 1 aliphatic heterocycles. The number of benzene rings is 1. The molecule has 1 aromatic rings. The van der Waals surface area contributed by atoms with Crippen LogP contribution in [-0.4, -0.2) is 28.4 Å². The molecule has 0 saturated heterocycles. The fraction of sp³-hybridized carbons (Fsp3) is 0.500. The number of carboxylic acid groups (broad SMARTS) is 1. The standard InChI is InChI=1S/C18H24N2O4/c1-18(2,10-9-16(22)23)20-15(21)8-7-13-11-12-5-3-4-6-14(12)19-17(13)24/h3-6,13H,7-11H2,1-2H3,(H,19,24)(H,20,21)(H,22,23). The van der Waals surface area contributed by atoms with Gasteiger partial charge in [0.1, 0.15) is 0 Å². The number of amides is 2. The zero-order valence-corrected chi connectivity index (χ0v) is 14.1. The minimum atomic E-state index is -0.880. The maximum absolute atomic E-state index is 12.1. The summed E-state index contributed by atoms with van der Waals surface area (Å²) in [5.41, 5.74) is 1.36. The number of carbonyl (C=O) groups is 3. The average Bonchev–Trinajstić information content (AvgIpc) is 2.50. The van der Waals surface area contributed by atoms with Gasteiger partial charge >= 0.3 is 5.97 Å². The Morgan fingerprint density at radius 1 is 1.29 bits per heavy atom. The molecule has 0 radical (unpaired) electrons. The van der Waals surface area contributed by atoms with Crippen LogP contribution in [0.1, 0.15) is 45.1 Å². The van der Waals surface area contributed by atoms with Gasteiger partial charge in [-0.2, -0.15) is 0 Å². The molecule has 0 aromatic heterocycles. The zero-order valence-electron chi connectivity index (χ0n) is 14.1. The largest absolute Gasteiger partial charge is 0.481 e. The number of para-hydroxylation sites is 1. The van der Waals surface area contributed by atoms with Gasteiger partial charge in [0.05, 0.1) is 0 Å². The first kappa shape index (κ1) is 18.0. The molecule has 0 spiro atoms. The van der Waals surface area contributed by atoms with E-state index in [1.165, 1.54) is 0 Å². The summed E-state index contributed by atoms with van der Waals surface area (Å²) in [6.45, 7) is 3.61. The Morgan fingerprint density at radius 2 is 2.00 bits per heavy atom. The summed E-state index contributed by atoms with van der Waals surface area (Å²) in [6, 6.07) is 7.68. The molecule has 1 aliphatic rings. The van der Waals surface area contributed by atoms with E-state index >= 15 is 0 Å². The lowest BCUT2D eigenvalue weighted by molar-refractivity contribution is -0.138. The third-order valence-electron chi connectivity index (χ3n) is 4.27. The first-order chi connectivity index (χ1) is 11.3. The minimum Gasteiger partial charge on any atom is -0.481 e. The van der Waals surface area contributed by atoms with Gasteiger partial charge in [0.15, 0.2) is 0 Å². The molecule has 0 fully saturated rings. The predicted octanol–water partition coefficient (Wildman–Crippen LogP) is 2.34. The van der Waals surface area contributed by atoms with Crippen LogP contribution in [0.2, 0.25) is 0 Å². The summed E-state index contributed by atoms with van der Waals surface area (Å²) in [7, 11) is 0. The lowest BCUT2D eigenvalue weighted by Gasteiger charge is -2.27. The van der Waals surface area contributed by atoms with Gasteiger partial charge in [0, 0.05) is 30.0 Å². The van der Waals surface area contributed by atoms with Crippen molar-refractivity contribution in [1.82, 2.24) is 5.32 Å². The number of anilines is 1. The molecule has 0 saturated carbocycles. The van der Waals surface area contributed by atoms with E-state index in [4.69, 9.17) is 5.11 Å². The van der Waals surface area contributed by atoms with Gasteiger partial charge in [-0.15, -0.1) is 0 Å². The summed E-state index contributed by atoms with van der Waals surface area (Å²) >= 11 is 0. The van der Waals surface area contributed by atoms with E-state index < -0.39 is 11.5 Å². The summed E-state index contributed by atoms with van der Waals surface area (Å²) in [5.74, 6) is -1.30. The second-order valence-electron chi connectivity index (χ2n) is 6.91. The smallest absolute Gasteiger partial charge is 0.303 e. The van der Waals surface area contributed by atoms with Crippen LogP contribution in [0.4, 0.5) is 5.69 Å². The Morgan fingerprint density at radius 3 is 2.71 bits per heavy atom. The topological polar surface area (TPSA) is 95.5 Å². The Labute approximate surface area is 141 Å². The molecule has 0 bridgehead atoms. The lowest BCUT2D eigenvalue weighted by Crippen LogP contribution is -2.44. The molecular formula is C18H24N2O4. The molecule has 6 heteroatoms. The molecule has 1 atom stereocenters. The van der Waals surface area contributed by atoms with Crippen molar-refractivity contribution in [1.29, 1.82) is 0 Å². The van der Waals surface area contributed by atoms with E-state index in [2.05, 4.69) is 10.6 Å². The number of nitrogens with one attached hydrogen (secondary N) is 2. The first-order valence-electron chi connectivity index (χ1n) is 8.18. The van der Waals surface area contributed by atoms with Crippen molar-refractivity contribution in [3.05, 3.63) is 29.8 Å². The number of carboxylic acids is 1. The number of hydrogen-bond acceptors (Lipinski definition) is 3. The van der Waals surface area contributed by atoms with Gasteiger partial charge in [0.25, 0.3) is 0 Å². The Hall–Kier alpha value is -2.37. The highest BCUT2D eigenvalue weighted by atomic mass is 16.4. The highest BCUT2D eigenvalue weighted by molar-refractivity contribution is 5.96. The maximum Gasteiger partial charge on any atom is 0.303 e. The van der Waals surface area contributed by atoms with Crippen molar-refractivity contribution in [3.63, 3.8) is 0 Å². The monoisotopic (exact) mass is 332 g/mol. The van der Waals surface area contributed by atoms with Crippen LogP contribution in [0, 0.1) is 5.92 Å². The van der Waals surface area contributed by atoms with E-state index in [0.717, 1.165) is 11.3 Å². The number of aliphatic carboxylic acids is 1. The van der Waals surface area contributed by atoms with Crippen molar-refractivity contribution in [2.24, 2.45) is 5.92 Å². The van der Waals surface area contributed by atoms with Crippen molar-refractivity contribution < 1.29 is 19.5 Å². The summed E-state index contributed by atoms with van der Waals surface area (Å²) in [5, 5.41) is 14.5. The SMILES string of the molecule is CC(C)(CCC(=O)O)NC(=O)CCC1Cc2ccccc2NC1=O. The van der Waals surface area contributed by atoms with E-state index in [9.17, 15) is 14.4 Å². The molecule has 1 unspecified atom stereocenters. The minimum absolute atomic E-state index is 0.00902. The van der Waals surface area contributed by atoms with Crippen LogP contribution in [0.3, 0.4) is 0 Å². The zero-order chi connectivity index (χ0) is 17.7. The van der Waals surface area contributed by atoms with Crippen LogP contribution in [0.25, 0.3) is 0 Å². The maximum atomic E-state index is 12.1. The Balaban J connectivity index is 1.84. The van der Waals surface area contributed by atoms with Crippen LogP contribution in [0.5, 0.6) is 0 Å². The molecular weight excluding hydrogens is 308 g/mol. The van der Waals surface area contributed by atoms with Crippen LogP contribution in [-0.2, 0) is 20.8 Å². The summed E-state index contributed by atoms with van der Waals surface area (Å²) in [4.78, 5) is 34.9. The molecule has 1 heterocycles. The van der Waals surface area contributed by atoms with Crippen LogP contribution < -0.4 is 10.6 Å². The van der Waals surface area contributed by atoms with E-state index in [1.54, 1.807) is 13.8 Å². The highest BCUT2D eigenvalue weighted by Crippen LogP contribution is 2.27. The quantitative estimate of drug-likeness (QED) is 0.714. The fourth-order valence-corrected chi connectivity index (χ4v) is 2.87. The van der Waals surface area contributed by atoms with Gasteiger partial charge in [-0.1, -0.05) is 18.2 Å². The van der Waals surface area contributed by atoms with E-state index in [1.807, 2.05) is 24.3 Å². The summed E-state index contributed by atoms with van der Waals surface area (Å²) < 4.78 is 0. The van der Waals surface area contributed by atoms with Gasteiger partial charge in [-0.05, 0) is 44.7 Å². The second kappa shape index (κ2) is 7.47.